The first-order chi connectivity index (χ1) is 14.6. The smallest absolute Gasteiger partial charge is 0.409 e. The molecule has 5 nitrogen and oxygen atoms in total. The third-order valence-corrected chi connectivity index (χ3v) is 6.11. The van der Waals surface area contributed by atoms with Crippen molar-refractivity contribution in [3.05, 3.63) is 95.1 Å². The van der Waals surface area contributed by atoms with Gasteiger partial charge < -0.3 is 14.7 Å². The van der Waals surface area contributed by atoms with Crippen LogP contribution >= 0.6 is 0 Å². The molecule has 0 spiro atoms. The Morgan fingerprint density at radius 2 is 1.37 bits per heavy atom. The van der Waals surface area contributed by atoms with E-state index in [1.54, 1.807) is 17.0 Å². The van der Waals surface area contributed by atoms with Crippen LogP contribution in [-0.2, 0) is 4.74 Å². The van der Waals surface area contributed by atoms with Gasteiger partial charge in [-0.05, 0) is 33.9 Å². The van der Waals surface area contributed by atoms with Crippen molar-refractivity contribution in [1.82, 2.24) is 4.90 Å². The Labute approximate surface area is 174 Å². The van der Waals surface area contributed by atoms with Gasteiger partial charge in [0.1, 0.15) is 6.61 Å². The summed E-state index contributed by atoms with van der Waals surface area (Å²) in [5, 5.41) is 9.37. The number of rotatable bonds is 4. The number of aromatic carboxylic acids is 1. The van der Waals surface area contributed by atoms with E-state index < -0.39 is 5.97 Å². The molecule has 1 N–H and O–H groups in total. The van der Waals surface area contributed by atoms with Crippen molar-refractivity contribution >= 4 is 12.1 Å². The molecule has 1 aliphatic carbocycles. The second-order valence-corrected chi connectivity index (χ2v) is 7.80. The molecular formula is C25H21NO4. The normalized spacial score (nSPS) is 15.3. The minimum Gasteiger partial charge on any atom is -0.478 e. The Balaban J connectivity index is 1.25. The fourth-order valence-electron chi connectivity index (χ4n) is 4.56. The zero-order valence-corrected chi connectivity index (χ0v) is 16.3. The lowest BCUT2D eigenvalue weighted by atomic mass is 9.88. The Hall–Kier alpha value is -3.60. The topological polar surface area (TPSA) is 66.8 Å². The molecule has 30 heavy (non-hydrogen) atoms. The molecular weight excluding hydrogens is 378 g/mol. The van der Waals surface area contributed by atoms with Crippen molar-refractivity contribution in [2.45, 2.75) is 11.8 Å². The van der Waals surface area contributed by atoms with Gasteiger partial charge in [0.05, 0.1) is 5.56 Å². The molecule has 3 aromatic carbocycles. The number of carbonyl (C=O) groups is 2. The van der Waals surface area contributed by atoms with Crippen LogP contribution in [0.4, 0.5) is 4.79 Å². The van der Waals surface area contributed by atoms with Gasteiger partial charge in [-0.25, -0.2) is 9.59 Å². The average Bonchev–Trinajstić information content (AvgIpc) is 3.05. The molecule has 0 aromatic heterocycles. The maximum Gasteiger partial charge on any atom is 0.409 e. The molecule has 5 rings (SSSR count). The number of likely N-dealkylation sites (tertiary alicyclic amines) is 1. The van der Waals surface area contributed by atoms with Gasteiger partial charge in [-0.15, -0.1) is 0 Å². The standard InChI is InChI=1S/C25H21NO4/c27-24(28)22-12-6-1-7-17(22)16-13-26(14-16)25(29)30-15-23-20-10-4-2-8-18(20)19-9-3-5-11-21(19)23/h1-12,16,23H,13-15H2,(H,27,28). The van der Waals surface area contributed by atoms with E-state index >= 15 is 0 Å². The SMILES string of the molecule is O=C(O)c1ccccc1C1CN(C(=O)OCC2c3ccccc3-c3ccccc32)C1. The van der Waals surface area contributed by atoms with Crippen molar-refractivity contribution in [3.63, 3.8) is 0 Å². The van der Waals surface area contributed by atoms with Crippen LogP contribution in [0.1, 0.15) is 38.9 Å². The van der Waals surface area contributed by atoms with Crippen LogP contribution < -0.4 is 0 Å². The fourth-order valence-corrected chi connectivity index (χ4v) is 4.56. The molecule has 1 amide bonds. The highest BCUT2D eigenvalue weighted by Gasteiger charge is 2.36. The van der Waals surface area contributed by atoms with E-state index in [9.17, 15) is 14.7 Å². The molecule has 2 aliphatic rings. The van der Waals surface area contributed by atoms with E-state index in [1.807, 2.05) is 36.4 Å². The predicted molar refractivity (Wildman–Crippen MR) is 113 cm³/mol. The molecule has 0 bridgehead atoms. The van der Waals surface area contributed by atoms with E-state index in [0.29, 0.717) is 25.3 Å². The lowest BCUT2D eigenvalue weighted by Gasteiger charge is -2.39. The number of carboxylic acid groups (broad SMARTS) is 1. The third kappa shape index (κ3) is 3.03. The van der Waals surface area contributed by atoms with Crippen molar-refractivity contribution < 1.29 is 19.4 Å². The molecule has 0 radical (unpaired) electrons. The second kappa shape index (κ2) is 7.34. The molecule has 150 valence electrons. The minimum absolute atomic E-state index is 0.0257. The van der Waals surface area contributed by atoms with Gasteiger partial charge in [0.2, 0.25) is 0 Å². The van der Waals surface area contributed by atoms with Crippen molar-refractivity contribution in [2.24, 2.45) is 0 Å². The molecule has 0 unspecified atom stereocenters. The molecule has 0 atom stereocenters. The van der Waals surface area contributed by atoms with Crippen molar-refractivity contribution in [2.75, 3.05) is 19.7 Å². The van der Waals surface area contributed by atoms with Gasteiger partial charge >= 0.3 is 12.1 Å². The summed E-state index contributed by atoms with van der Waals surface area (Å²) in [6, 6.07) is 23.5. The number of hydrogen-bond acceptors (Lipinski definition) is 3. The summed E-state index contributed by atoms with van der Waals surface area (Å²) >= 11 is 0. The highest BCUT2D eigenvalue weighted by molar-refractivity contribution is 5.89. The molecule has 3 aromatic rings. The largest absolute Gasteiger partial charge is 0.478 e. The summed E-state index contributed by atoms with van der Waals surface area (Å²) in [5.41, 5.74) is 5.83. The summed E-state index contributed by atoms with van der Waals surface area (Å²) in [7, 11) is 0. The van der Waals surface area contributed by atoms with Gasteiger partial charge in [0, 0.05) is 24.9 Å². The lowest BCUT2D eigenvalue weighted by molar-refractivity contribution is 0.0667. The van der Waals surface area contributed by atoms with E-state index in [4.69, 9.17) is 4.74 Å². The Morgan fingerprint density at radius 1 is 0.833 bits per heavy atom. The van der Waals surface area contributed by atoms with E-state index in [2.05, 4.69) is 24.3 Å². The van der Waals surface area contributed by atoms with Crippen molar-refractivity contribution in [1.29, 1.82) is 0 Å². The van der Waals surface area contributed by atoms with Crippen LogP contribution in [-0.4, -0.2) is 41.8 Å². The van der Waals surface area contributed by atoms with Crippen LogP contribution in [0, 0.1) is 0 Å². The van der Waals surface area contributed by atoms with Crippen molar-refractivity contribution in [3.8, 4) is 11.1 Å². The number of carboxylic acids is 1. The first-order valence-corrected chi connectivity index (χ1v) is 10.1. The van der Waals surface area contributed by atoms with Gasteiger partial charge in [-0.1, -0.05) is 66.7 Å². The van der Waals surface area contributed by atoms with E-state index in [1.165, 1.54) is 22.3 Å². The van der Waals surface area contributed by atoms with Gasteiger partial charge in [0.25, 0.3) is 0 Å². The average molecular weight is 399 g/mol. The highest BCUT2D eigenvalue weighted by atomic mass is 16.6. The zero-order valence-electron chi connectivity index (χ0n) is 16.3. The summed E-state index contributed by atoms with van der Waals surface area (Å²) in [5.74, 6) is -0.880. The highest BCUT2D eigenvalue weighted by Crippen LogP contribution is 2.44. The molecule has 1 heterocycles. The first-order valence-electron chi connectivity index (χ1n) is 10.1. The summed E-state index contributed by atoms with van der Waals surface area (Å²) in [4.78, 5) is 25.7. The van der Waals surface area contributed by atoms with Crippen LogP contribution in [0.15, 0.2) is 72.8 Å². The Kier molecular flexibility index (Phi) is 4.51. The molecule has 1 saturated heterocycles. The Morgan fingerprint density at radius 3 is 1.97 bits per heavy atom. The number of carbonyl (C=O) groups excluding carboxylic acids is 1. The minimum atomic E-state index is -0.940. The second-order valence-electron chi connectivity index (χ2n) is 7.80. The summed E-state index contributed by atoms with van der Waals surface area (Å²) < 4.78 is 5.68. The fraction of sp³-hybridized carbons (Fsp3) is 0.200. The van der Waals surface area contributed by atoms with Crippen LogP contribution in [0.25, 0.3) is 11.1 Å². The Bertz CT molecular complexity index is 1090. The number of hydrogen-bond donors (Lipinski definition) is 1. The van der Waals surface area contributed by atoms with E-state index in [0.717, 1.165) is 5.56 Å². The molecule has 5 heteroatoms. The quantitative estimate of drug-likeness (QED) is 0.689. The molecule has 1 fully saturated rings. The zero-order chi connectivity index (χ0) is 20.7. The summed E-state index contributed by atoms with van der Waals surface area (Å²) in [6.45, 7) is 1.24. The van der Waals surface area contributed by atoms with Gasteiger partial charge in [-0.3, -0.25) is 0 Å². The number of fused-ring (bicyclic) bond motifs is 3. The monoisotopic (exact) mass is 399 g/mol. The van der Waals surface area contributed by atoms with E-state index in [-0.39, 0.29) is 17.9 Å². The molecule has 1 aliphatic heterocycles. The van der Waals surface area contributed by atoms with Crippen LogP contribution in [0.5, 0.6) is 0 Å². The predicted octanol–water partition coefficient (Wildman–Crippen LogP) is 4.73. The summed E-state index contributed by atoms with van der Waals surface area (Å²) in [6.07, 6.45) is -0.346. The number of nitrogens with zero attached hydrogens (tertiary/aromatic N) is 1. The maximum absolute atomic E-state index is 12.6. The van der Waals surface area contributed by atoms with Crippen LogP contribution in [0.3, 0.4) is 0 Å². The number of benzene rings is 3. The van der Waals surface area contributed by atoms with Gasteiger partial charge in [-0.2, -0.15) is 0 Å². The van der Waals surface area contributed by atoms with Gasteiger partial charge in [0.15, 0.2) is 0 Å². The number of ether oxygens (including phenoxy) is 1. The number of amides is 1. The first kappa shape index (κ1) is 18.4. The maximum atomic E-state index is 12.6. The lowest BCUT2D eigenvalue weighted by Crippen LogP contribution is -2.49. The third-order valence-electron chi connectivity index (χ3n) is 6.11. The van der Waals surface area contributed by atoms with Crippen LogP contribution in [0.2, 0.25) is 0 Å². The molecule has 0 saturated carbocycles.